The topological polar surface area (TPSA) is 49.8 Å². The van der Waals surface area contributed by atoms with E-state index in [4.69, 9.17) is 9.84 Å². The van der Waals surface area contributed by atoms with Crippen LogP contribution in [-0.2, 0) is 4.79 Å². The van der Waals surface area contributed by atoms with Crippen LogP contribution in [0, 0.1) is 5.92 Å². The molecule has 2 atom stereocenters. The van der Waals surface area contributed by atoms with Crippen LogP contribution in [0.1, 0.15) is 20.3 Å². The number of anilines is 1. The largest absolute Gasteiger partial charge is 0.491 e. The fourth-order valence-electron chi connectivity index (χ4n) is 2.10. The molecule has 0 amide bonds. The summed E-state index contributed by atoms with van der Waals surface area (Å²) < 4.78 is 5.57. The maximum absolute atomic E-state index is 10.8. The molecule has 0 radical (unpaired) electrons. The van der Waals surface area contributed by atoms with E-state index >= 15 is 0 Å². The van der Waals surface area contributed by atoms with Crippen molar-refractivity contribution in [2.75, 3.05) is 11.9 Å². The van der Waals surface area contributed by atoms with Crippen molar-refractivity contribution >= 4 is 11.7 Å². The minimum atomic E-state index is -0.702. The minimum absolute atomic E-state index is 0.124. The summed E-state index contributed by atoms with van der Waals surface area (Å²) in [6.45, 7) is 3.98. The number of carboxylic acids is 1. The van der Waals surface area contributed by atoms with E-state index < -0.39 is 5.97 Å². The second kappa shape index (κ2) is 4.88. The van der Waals surface area contributed by atoms with Gasteiger partial charge >= 0.3 is 5.97 Å². The van der Waals surface area contributed by atoms with Gasteiger partial charge in [0.2, 0.25) is 0 Å². The van der Waals surface area contributed by atoms with Crippen LogP contribution in [0.25, 0.3) is 0 Å². The van der Waals surface area contributed by atoms with Crippen LogP contribution in [0.3, 0.4) is 0 Å². The number of nitrogens with zero attached hydrogens (tertiary/aromatic N) is 1. The van der Waals surface area contributed by atoms with Gasteiger partial charge in [-0.1, -0.05) is 0 Å². The van der Waals surface area contributed by atoms with Gasteiger partial charge in [0.1, 0.15) is 5.75 Å². The van der Waals surface area contributed by atoms with Crippen molar-refractivity contribution in [3.8, 4) is 5.75 Å². The standard InChI is InChI=1S/C14H19NO3/c1-9(2)18-11-6-4-10(5-7-11)15(3)13-8-12(13)14(16)17/h4-7,9,12-13H,8H2,1-3H3,(H,16,17). The van der Waals surface area contributed by atoms with Gasteiger partial charge in [0.25, 0.3) is 0 Å². The molecule has 2 unspecified atom stereocenters. The molecule has 1 aliphatic carbocycles. The number of rotatable bonds is 5. The van der Waals surface area contributed by atoms with Crippen molar-refractivity contribution in [3.05, 3.63) is 24.3 Å². The van der Waals surface area contributed by atoms with Crippen LogP contribution in [0.15, 0.2) is 24.3 Å². The summed E-state index contributed by atoms with van der Waals surface area (Å²) in [5, 5.41) is 8.92. The molecule has 1 aromatic carbocycles. The van der Waals surface area contributed by atoms with Crippen molar-refractivity contribution in [1.29, 1.82) is 0 Å². The maximum atomic E-state index is 10.8. The molecule has 4 heteroatoms. The van der Waals surface area contributed by atoms with Crippen LogP contribution < -0.4 is 9.64 Å². The van der Waals surface area contributed by atoms with E-state index in [0.29, 0.717) is 0 Å². The lowest BCUT2D eigenvalue weighted by atomic mass is 10.2. The van der Waals surface area contributed by atoms with E-state index in [-0.39, 0.29) is 18.1 Å². The predicted molar refractivity (Wildman–Crippen MR) is 70.1 cm³/mol. The molecular formula is C14H19NO3. The smallest absolute Gasteiger partial charge is 0.308 e. The van der Waals surface area contributed by atoms with Gasteiger partial charge in [-0.25, -0.2) is 0 Å². The lowest BCUT2D eigenvalue weighted by Gasteiger charge is -2.19. The van der Waals surface area contributed by atoms with E-state index in [0.717, 1.165) is 17.9 Å². The molecule has 4 nitrogen and oxygen atoms in total. The quantitative estimate of drug-likeness (QED) is 0.870. The summed E-state index contributed by atoms with van der Waals surface area (Å²) >= 11 is 0. The van der Waals surface area contributed by atoms with Crippen molar-refractivity contribution in [2.45, 2.75) is 32.4 Å². The van der Waals surface area contributed by atoms with Gasteiger partial charge in [-0.15, -0.1) is 0 Å². The third-order valence-corrected chi connectivity index (χ3v) is 3.19. The van der Waals surface area contributed by atoms with E-state index in [2.05, 4.69) is 0 Å². The first-order chi connectivity index (χ1) is 8.49. The first kappa shape index (κ1) is 12.7. The van der Waals surface area contributed by atoms with Gasteiger partial charge in [-0.05, 0) is 44.5 Å². The fourth-order valence-corrected chi connectivity index (χ4v) is 2.10. The number of carbonyl (C=O) groups is 1. The highest BCUT2D eigenvalue weighted by atomic mass is 16.5. The molecule has 1 fully saturated rings. The molecule has 98 valence electrons. The van der Waals surface area contributed by atoms with Crippen LogP contribution in [0.5, 0.6) is 5.75 Å². The molecule has 0 aliphatic heterocycles. The highest BCUT2D eigenvalue weighted by Crippen LogP contribution is 2.37. The Labute approximate surface area is 107 Å². The van der Waals surface area contributed by atoms with Crippen molar-refractivity contribution < 1.29 is 14.6 Å². The monoisotopic (exact) mass is 249 g/mol. The molecule has 1 saturated carbocycles. The minimum Gasteiger partial charge on any atom is -0.491 e. The van der Waals surface area contributed by atoms with E-state index in [1.807, 2.05) is 50.1 Å². The van der Waals surface area contributed by atoms with Gasteiger partial charge in [-0.3, -0.25) is 4.79 Å². The zero-order chi connectivity index (χ0) is 13.3. The molecule has 1 aromatic rings. The number of ether oxygens (including phenoxy) is 1. The molecule has 0 spiro atoms. The fraction of sp³-hybridized carbons (Fsp3) is 0.500. The highest BCUT2D eigenvalue weighted by Gasteiger charge is 2.46. The zero-order valence-electron chi connectivity index (χ0n) is 11.0. The summed E-state index contributed by atoms with van der Waals surface area (Å²) in [6.07, 6.45) is 0.893. The molecular weight excluding hydrogens is 230 g/mol. The van der Waals surface area contributed by atoms with E-state index in [9.17, 15) is 4.79 Å². The Balaban J connectivity index is 1.99. The average molecular weight is 249 g/mol. The molecule has 0 saturated heterocycles. The maximum Gasteiger partial charge on any atom is 0.308 e. The summed E-state index contributed by atoms with van der Waals surface area (Å²) in [6, 6.07) is 7.90. The first-order valence-electron chi connectivity index (χ1n) is 6.21. The summed E-state index contributed by atoms with van der Waals surface area (Å²) in [4.78, 5) is 12.9. The number of carboxylic acid groups (broad SMARTS) is 1. The van der Waals surface area contributed by atoms with Gasteiger partial charge in [0.05, 0.1) is 12.0 Å². The first-order valence-corrected chi connectivity index (χ1v) is 6.21. The lowest BCUT2D eigenvalue weighted by molar-refractivity contribution is -0.138. The summed E-state index contributed by atoms with van der Waals surface area (Å²) in [5.74, 6) is -0.0825. The second-order valence-electron chi connectivity index (χ2n) is 5.02. The van der Waals surface area contributed by atoms with Crippen LogP contribution in [0.2, 0.25) is 0 Å². The number of aliphatic carboxylic acids is 1. The molecule has 0 aromatic heterocycles. The molecule has 0 heterocycles. The van der Waals surface area contributed by atoms with Gasteiger partial charge < -0.3 is 14.7 Å². The predicted octanol–water partition coefficient (Wildman–Crippen LogP) is 2.38. The summed E-state index contributed by atoms with van der Waals surface area (Å²) in [5.41, 5.74) is 1.03. The molecule has 2 rings (SSSR count). The Hall–Kier alpha value is -1.71. The highest BCUT2D eigenvalue weighted by molar-refractivity contribution is 5.76. The van der Waals surface area contributed by atoms with Gasteiger partial charge in [0.15, 0.2) is 0 Å². The number of hydrogen-bond acceptors (Lipinski definition) is 3. The Morgan fingerprint density at radius 2 is 2.00 bits per heavy atom. The molecule has 18 heavy (non-hydrogen) atoms. The lowest BCUT2D eigenvalue weighted by Crippen LogP contribution is -2.23. The third-order valence-electron chi connectivity index (χ3n) is 3.19. The SMILES string of the molecule is CC(C)Oc1ccc(N(C)C2CC2C(=O)O)cc1. The number of benzene rings is 1. The van der Waals surface area contributed by atoms with E-state index in [1.165, 1.54) is 0 Å². The second-order valence-corrected chi connectivity index (χ2v) is 5.02. The third kappa shape index (κ3) is 2.75. The zero-order valence-corrected chi connectivity index (χ0v) is 11.0. The van der Waals surface area contributed by atoms with E-state index in [1.54, 1.807) is 0 Å². The van der Waals surface area contributed by atoms with Crippen molar-refractivity contribution in [3.63, 3.8) is 0 Å². The average Bonchev–Trinajstić information content (AvgIpc) is 3.08. The number of hydrogen-bond donors (Lipinski definition) is 1. The molecule has 1 N–H and O–H groups in total. The van der Waals surface area contributed by atoms with Crippen molar-refractivity contribution in [2.24, 2.45) is 5.92 Å². The van der Waals surface area contributed by atoms with Gasteiger partial charge in [-0.2, -0.15) is 0 Å². The Morgan fingerprint density at radius 1 is 1.39 bits per heavy atom. The van der Waals surface area contributed by atoms with Crippen LogP contribution >= 0.6 is 0 Å². The Morgan fingerprint density at radius 3 is 2.44 bits per heavy atom. The van der Waals surface area contributed by atoms with Crippen LogP contribution in [-0.4, -0.2) is 30.3 Å². The molecule has 0 bridgehead atoms. The normalized spacial score (nSPS) is 21.8. The summed E-state index contributed by atoms with van der Waals surface area (Å²) in [7, 11) is 1.94. The Bertz CT molecular complexity index is 427. The molecule has 1 aliphatic rings. The van der Waals surface area contributed by atoms with Crippen LogP contribution in [0.4, 0.5) is 5.69 Å². The van der Waals surface area contributed by atoms with Crippen molar-refractivity contribution in [1.82, 2.24) is 0 Å². The van der Waals surface area contributed by atoms with Gasteiger partial charge in [0, 0.05) is 18.8 Å². The Kier molecular flexibility index (Phi) is 3.45.